The van der Waals surface area contributed by atoms with E-state index in [-0.39, 0.29) is 19.0 Å². The molecule has 0 atom stereocenters. The number of halogens is 2. The first-order valence-corrected chi connectivity index (χ1v) is 5.60. The predicted octanol–water partition coefficient (Wildman–Crippen LogP) is 1.59. The third kappa shape index (κ3) is 13.2. The van der Waals surface area contributed by atoms with E-state index in [9.17, 15) is 13.6 Å². The molecule has 0 saturated carbocycles. The molecule has 0 bridgehead atoms. The van der Waals surface area contributed by atoms with Gasteiger partial charge in [-0.2, -0.15) is 0 Å². The third-order valence-electron chi connectivity index (χ3n) is 1.59. The standard InChI is InChI=1S/C11H21F2NO3/c1-11(2,3)17-10(15)4-5-14-6-7-16-8-9(12)13/h9,14H,4-8H2,1-3H3. The maximum absolute atomic E-state index is 11.7. The van der Waals surface area contributed by atoms with E-state index in [1.807, 2.05) is 0 Å². The van der Waals surface area contributed by atoms with E-state index in [0.717, 1.165) is 0 Å². The van der Waals surface area contributed by atoms with Gasteiger partial charge in [-0.05, 0) is 20.8 Å². The summed E-state index contributed by atoms with van der Waals surface area (Å²) in [6, 6.07) is 0. The Bertz CT molecular complexity index is 217. The van der Waals surface area contributed by atoms with Crippen LogP contribution in [0, 0.1) is 0 Å². The Morgan fingerprint density at radius 1 is 1.29 bits per heavy atom. The first kappa shape index (κ1) is 16.2. The molecule has 1 N–H and O–H groups in total. The van der Waals surface area contributed by atoms with Crippen molar-refractivity contribution in [3.05, 3.63) is 0 Å². The molecule has 0 aromatic rings. The quantitative estimate of drug-likeness (QED) is 0.527. The molecule has 0 aromatic carbocycles. The van der Waals surface area contributed by atoms with Crippen LogP contribution in [0.25, 0.3) is 0 Å². The molecule has 0 amide bonds. The van der Waals surface area contributed by atoms with Crippen LogP contribution < -0.4 is 5.32 Å². The Morgan fingerprint density at radius 3 is 2.47 bits per heavy atom. The molecule has 0 aromatic heterocycles. The molecule has 0 aliphatic rings. The van der Waals surface area contributed by atoms with Crippen LogP contribution in [-0.4, -0.2) is 44.3 Å². The van der Waals surface area contributed by atoms with Crippen molar-refractivity contribution in [3.63, 3.8) is 0 Å². The minimum absolute atomic E-state index is 0.207. The molecule has 0 rings (SSSR count). The van der Waals surface area contributed by atoms with Gasteiger partial charge in [0.05, 0.1) is 13.0 Å². The van der Waals surface area contributed by atoms with Gasteiger partial charge in [0.25, 0.3) is 6.43 Å². The summed E-state index contributed by atoms with van der Waals surface area (Å²) < 4.78 is 33.1. The Kier molecular flexibility index (Phi) is 7.99. The Morgan fingerprint density at radius 2 is 1.94 bits per heavy atom. The highest BCUT2D eigenvalue weighted by molar-refractivity contribution is 5.70. The molecule has 0 unspecified atom stereocenters. The molecule has 0 aliphatic heterocycles. The minimum atomic E-state index is -2.43. The number of hydrogen-bond donors (Lipinski definition) is 1. The number of hydrogen-bond acceptors (Lipinski definition) is 4. The first-order chi connectivity index (χ1) is 7.81. The van der Waals surface area contributed by atoms with Gasteiger partial charge in [0.1, 0.15) is 12.2 Å². The third-order valence-corrected chi connectivity index (χ3v) is 1.59. The molecule has 0 heterocycles. The highest BCUT2D eigenvalue weighted by atomic mass is 19.3. The lowest BCUT2D eigenvalue weighted by Crippen LogP contribution is -2.28. The van der Waals surface area contributed by atoms with Gasteiger partial charge in [-0.25, -0.2) is 8.78 Å². The van der Waals surface area contributed by atoms with Gasteiger partial charge in [0, 0.05) is 13.1 Å². The van der Waals surface area contributed by atoms with Crippen LogP contribution in [0.4, 0.5) is 8.78 Å². The molecule has 0 radical (unpaired) electrons. The zero-order valence-electron chi connectivity index (χ0n) is 10.6. The first-order valence-electron chi connectivity index (χ1n) is 5.60. The minimum Gasteiger partial charge on any atom is -0.460 e. The fourth-order valence-electron chi connectivity index (χ4n) is 1.02. The monoisotopic (exact) mass is 253 g/mol. The van der Waals surface area contributed by atoms with Gasteiger partial charge in [-0.15, -0.1) is 0 Å². The van der Waals surface area contributed by atoms with Crippen LogP contribution in [0.5, 0.6) is 0 Å². The van der Waals surface area contributed by atoms with Crippen molar-refractivity contribution in [2.45, 2.75) is 39.2 Å². The zero-order chi connectivity index (χ0) is 13.3. The van der Waals surface area contributed by atoms with Crippen molar-refractivity contribution in [1.82, 2.24) is 5.32 Å². The van der Waals surface area contributed by atoms with Gasteiger partial charge >= 0.3 is 5.97 Å². The Labute approximate surface area is 101 Å². The second-order valence-electron chi connectivity index (χ2n) is 4.55. The van der Waals surface area contributed by atoms with Crippen LogP contribution in [0.1, 0.15) is 27.2 Å². The Balaban J connectivity index is 3.31. The number of carbonyl (C=O) groups is 1. The zero-order valence-corrected chi connectivity index (χ0v) is 10.6. The van der Waals surface area contributed by atoms with Gasteiger partial charge in [-0.1, -0.05) is 0 Å². The van der Waals surface area contributed by atoms with E-state index >= 15 is 0 Å². The summed E-state index contributed by atoms with van der Waals surface area (Å²) in [7, 11) is 0. The fraction of sp³-hybridized carbons (Fsp3) is 0.909. The predicted molar refractivity (Wildman–Crippen MR) is 60.2 cm³/mol. The van der Waals surface area contributed by atoms with Gasteiger partial charge in [-0.3, -0.25) is 4.79 Å². The van der Waals surface area contributed by atoms with Crippen molar-refractivity contribution < 1.29 is 23.0 Å². The van der Waals surface area contributed by atoms with E-state index in [2.05, 4.69) is 10.1 Å². The maximum Gasteiger partial charge on any atom is 0.307 e. The average molecular weight is 253 g/mol. The molecular formula is C11H21F2NO3. The second kappa shape index (κ2) is 8.36. The Hall–Kier alpha value is -0.750. The molecule has 4 nitrogen and oxygen atoms in total. The number of rotatable bonds is 8. The van der Waals surface area contributed by atoms with Crippen LogP contribution in [0.15, 0.2) is 0 Å². The average Bonchev–Trinajstić information content (AvgIpc) is 2.12. The highest BCUT2D eigenvalue weighted by Gasteiger charge is 2.15. The molecule has 0 aliphatic carbocycles. The number of esters is 1. The van der Waals surface area contributed by atoms with Crippen LogP contribution in [0.3, 0.4) is 0 Å². The van der Waals surface area contributed by atoms with Crippen molar-refractivity contribution in [1.29, 1.82) is 0 Å². The topological polar surface area (TPSA) is 47.6 Å². The van der Waals surface area contributed by atoms with Crippen molar-refractivity contribution in [2.75, 3.05) is 26.3 Å². The summed E-state index contributed by atoms with van der Waals surface area (Å²) >= 11 is 0. The van der Waals surface area contributed by atoms with Crippen molar-refractivity contribution >= 4 is 5.97 Å². The normalized spacial score (nSPS) is 11.9. The number of nitrogens with one attached hydrogen (secondary N) is 1. The van der Waals surface area contributed by atoms with E-state index in [1.165, 1.54) is 0 Å². The lowest BCUT2D eigenvalue weighted by Gasteiger charge is -2.19. The van der Waals surface area contributed by atoms with E-state index < -0.39 is 18.6 Å². The lowest BCUT2D eigenvalue weighted by molar-refractivity contribution is -0.154. The smallest absolute Gasteiger partial charge is 0.307 e. The molecule has 0 fully saturated rings. The summed E-state index contributed by atoms with van der Waals surface area (Å²) in [6.45, 7) is 5.96. The number of ether oxygens (including phenoxy) is 2. The number of carbonyl (C=O) groups excluding carboxylic acids is 1. The van der Waals surface area contributed by atoms with Crippen LogP contribution in [0.2, 0.25) is 0 Å². The van der Waals surface area contributed by atoms with E-state index in [4.69, 9.17) is 4.74 Å². The molecule has 0 spiro atoms. The van der Waals surface area contributed by atoms with Gasteiger partial charge < -0.3 is 14.8 Å². The highest BCUT2D eigenvalue weighted by Crippen LogP contribution is 2.07. The van der Waals surface area contributed by atoms with Crippen LogP contribution >= 0.6 is 0 Å². The summed E-state index contributed by atoms with van der Waals surface area (Å²) in [4.78, 5) is 11.2. The second-order valence-corrected chi connectivity index (χ2v) is 4.55. The molecule has 6 heteroatoms. The fourth-order valence-corrected chi connectivity index (χ4v) is 1.02. The van der Waals surface area contributed by atoms with E-state index in [0.29, 0.717) is 13.1 Å². The SMILES string of the molecule is CC(C)(C)OC(=O)CCNCCOCC(F)F. The largest absolute Gasteiger partial charge is 0.460 e. The lowest BCUT2D eigenvalue weighted by atomic mass is 10.2. The maximum atomic E-state index is 11.7. The molecule has 17 heavy (non-hydrogen) atoms. The molecule has 0 saturated heterocycles. The summed E-state index contributed by atoms with van der Waals surface area (Å²) in [6.07, 6.45) is -2.18. The molecular weight excluding hydrogens is 232 g/mol. The van der Waals surface area contributed by atoms with Gasteiger partial charge in [0.2, 0.25) is 0 Å². The van der Waals surface area contributed by atoms with E-state index in [1.54, 1.807) is 20.8 Å². The summed E-state index contributed by atoms with van der Waals surface area (Å²) in [5.74, 6) is -0.279. The van der Waals surface area contributed by atoms with Crippen LogP contribution in [-0.2, 0) is 14.3 Å². The molecule has 102 valence electrons. The van der Waals surface area contributed by atoms with Crippen molar-refractivity contribution in [3.8, 4) is 0 Å². The van der Waals surface area contributed by atoms with Crippen molar-refractivity contribution in [2.24, 2.45) is 0 Å². The number of alkyl halides is 2. The van der Waals surface area contributed by atoms with Gasteiger partial charge in [0.15, 0.2) is 0 Å². The summed E-state index contributed by atoms with van der Waals surface area (Å²) in [5, 5.41) is 2.91. The summed E-state index contributed by atoms with van der Waals surface area (Å²) in [5.41, 5.74) is -0.475.